The van der Waals surface area contributed by atoms with Gasteiger partial charge in [0.25, 0.3) is 0 Å². The average Bonchev–Trinajstić information content (AvgIpc) is 2.90. The Balaban J connectivity index is 1.37. The van der Waals surface area contributed by atoms with Crippen LogP contribution >= 0.6 is 0 Å². The largest absolute Gasteiger partial charge is 0.445 e. The number of carbonyl (C=O) groups excluding carboxylic acids is 2. The Morgan fingerprint density at radius 1 is 0.743 bits per heavy atom. The van der Waals surface area contributed by atoms with Crippen LogP contribution in [-0.4, -0.2) is 31.1 Å². The molecule has 0 aliphatic heterocycles. The zero-order chi connectivity index (χ0) is 24.7. The van der Waals surface area contributed by atoms with E-state index in [1.54, 1.807) is 0 Å². The van der Waals surface area contributed by atoms with Gasteiger partial charge in [-0.15, -0.1) is 0 Å². The van der Waals surface area contributed by atoms with Crippen LogP contribution in [0.4, 0.5) is 4.79 Å². The highest BCUT2D eigenvalue weighted by atomic mass is 16.5. The first-order chi connectivity index (χ1) is 17.1. The SMILES string of the molecule is N[C@@H](CCCNC(=O)OCc1ccccc1)CNC(=O)C(Cc1ccccc1)Cc1ccccc1. The molecule has 0 unspecified atom stereocenters. The third kappa shape index (κ3) is 10.0. The van der Waals surface area contributed by atoms with E-state index in [1.165, 1.54) is 0 Å². The van der Waals surface area contributed by atoms with Gasteiger partial charge in [-0.05, 0) is 42.4 Å². The highest BCUT2D eigenvalue weighted by Crippen LogP contribution is 2.15. The van der Waals surface area contributed by atoms with Gasteiger partial charge in [-0.2, -0.15) is 0 Å². The van der Waals surface area contributed by atoms with Gasteiger partial charge in [0.05, 0.1) is 0 Å². The van der Waals surface area contributed by atoms with Gasteiger partial charge in [-0.3, -0.25) is 4.79 Å². The fraction of sp³-hybridized carbons (Fsp3) is 0.310. The molecule has 6 heteroatoms. The predicted molar refractivity (Wildman–Crippen MR) is 139 cm³/mol. The van der Waals surface area contributed by atoms with Crippen LogP contribution in [0.3, 0.4) is 0 Å². The topological polar surface area (TPSA) is 93.4 Å². The van der Waals surface area contributed by atoms with Gasteiger partial charge < -0.3 is 21.1 Å². The summed E-state index contributed by atoms with van der Waals surface area (Å²) in [6.45, 7) is 1.11. The molecule has 0 saturated heterocycles. The number of nitrogens with two attached hydrogens (primary N) is 1. The lowest BCUT2D eigenvalue weighted by atomic mass is 9.91. The number of nitrogens with one attached hydrogen (secondary N) is 2. The Labute approximate surface area is 207 Å². The van der Waals surface area contributed by atoms with Gasteiger partial charge in [-0.25, -0.2) is 4.79 Å². The fourth-order valence-electron chi connectivity index (χ4n) is 3.86. The van der Waals surface area contributed by atoms with Gasteiger partial charge >= 0.3 is 6.09 Å². The molecule has 4 N–H and O–H groups in total. The molecule has 0 aromatic heterocycles. The van der Waals surface area contributed by atoms with Crippen molar-refractivity contribution in [3.63, 3.8) is 0 Å². The molecule has 0 spiro atoms. The highest BCUT2D eigenvalue weighted by Gasteiger charge is 2.20. The van der Waals surface area contributed by atoms with E-state index in [1.807, 2.05) is 66.7 Å². The van der Waals surface area contributed by atoms with Crippen molar-refractivity contribution in [2.24, 2.45) is 11.7 Å². The number of amides is 2. The first kappa shape index (κ1) is 26.0. The maximum Gasteiger partial charge on any atom is 0.407 e. The smallest absolute Gasteiger partial charge is 0.407 e. The van der Waals surface area contributed by atoms with Crippen molar-refractivity contribution >= 4 is 12.0 Å². The summed E-state index contributed by atoms with van der Waals surface area (Å²) in [5.74, 6) is -0.163. The maximum absolute atomic E-state index is 13.0. The summed E-state index contributed by atoms with van der Waals surface area (Å²) in [6, 6.07) is 29.5. The second-order valence-corrected chi connectivity index (χ2v) is 8.71. The number of ether oxygens (including phenoxy) is 1. The molecule has 6 nitrogen and oxygen atoms in total. The van der Waals surface area contributed by atoms with Crippen molar-refractivity contribution in [3.05, 3.63) is 108 Å². The number of carbonyl (C=O) groups is 2. The van der Waals surface area contributed by atoms with Gasteiger partial charge in [0, 0.05) is 25.0 Å². The van der Waals surface area contributed by atoms with Gasteiger partial charge in [0.1, 0.15) is 6.61 Å². The molecular weight excluding hydrogens is 438 g/mol. The second-order valence-electron chi connectivity index (χ2n) is 8.71. The van der Waals surface area contributed by atoms with Gasteiger partial charge in [0.2, 0.25) is 5.91 Å². The Hall–Kier alpha value is -3.64. The van der Waals surface area contributed by atoms with Crippen LogP contribution in [0, 0.1) is 5.92 Å². The molecular formula is C29H35N3O3. The van der Waals surface area contributed by atoms with Crippen LogP contribution < -0.4 is 16.4 Å². The van der Waals surface area contributed by atoms with Crippen molar-refractivity contribution in [2.45, 2.75) is 38.3 Å². The van der Waals surface area contributed by atoms with Crippen LogP contribution in [0.5, 0.6) is 0 Å². The van der Waals surface area contributed by atoms with E-state index in [4.69, 9.17) is 10.5 Å². The minimum atomic E-state index is -0.444. The van der Waals surface area contributed by atoms with Crippen LogP contribution in [0.15, 0.2) is 91.0 Å². The summed E-state index contributed by atoms with van der Waals surface area (Å²) in [4.78, 5) is 24.9. The van der Waals surface area contributed by atoms with Crippen molar-refractivity contribution in [3.8, 4) is 0 Å². The highest BCUT2D eigenvalue weighted by molar-refractivity contribution is 5.79. The quantitative estimate of drug-likeness (QED) is 0.324. The second kappa shape index (κ2) is 14.6. The molecule has 0 aliphatic rings. The van der Waals surface area contributed by atoms with Crippen LogP contribution in [0.25, 0.3) is 0 Å². The zero-order valence-corrected chi connectivity index (χ0v) is 20.1. The monoisotopic (exact) mass is 473 g/mol. The van der Waals surface area contributed by atoms with Gasteiger partial charge in [0.15, 0.2) is 0 Å². The summed E-state index contributed by atoms with van der Waals surface area (Å²) in [6.07, 6.45) is 2.29. The van der Waals surface area contributed by atoms with E-state index in [0.717, 1.165) is 16.7 Å². The van der Waals surface area contributed by atoms with Crippen molar-refractivity contribution in [2.75, 3.05) is 13.1 Å². The maximum atomic E-state index is 13.0. The molecule has 0 bridgehead atoms. The Morgan fingerprint density at radius 3 is 1.80 bits per heavy atom. The van der Waals surface area contributed by atoms with Crippen molar-refractivity contribution in [1.29, 1.82) is 0 Å². The van der Waals surface area contributed by atoms with E-state index in [2.05, 4.69) is 34.9 Å². The zero-order valence-electron chi connectivity index (χ0n) is 20.1. The fourth-order valence-corrected chi connectivity index (χ4v) is 3.86. The van der Waals surface area contributed by atoms with E-state index < -0.39 is 6.09 Å². The molecule has 3 aromatic carbocycles. The Morgan fingerprint density at radius 2 is 1.26 bits per heavy atom. The van der Waals surface area contributed by atoms with Crippen LogP contribution in [0.2, 0.25) is 0 Å². The molecule has 0 radical (unpaired) electrons. The summed E-state index contributed by atoms with van der Waals surface area (Å²) in [5.41, 5.74) is 9.44. The Kier molecular flexibility index (Phi) is 10.8. The lowest BCUT2D eigenvalue weighted by Crippen LogP contribution is -2.41. The third-order valence-corrected chi connectivity index (χ3v) is 5.79. The van der Waals surface area contributed by atoms with Gasteiger partial charge in [-0.1, -0.05) is 91.0 Å². The summed E-state index contributed by atoms with van der Waals surface area (Å²) < 4.78 is 5.20. The molecule has 0 aliphatic carbocycles. The molecule has 184 valence electrons. The number of rotatable bonds is 13. The summed E-state index contributed by atoms with van der Waals surface area (Å²) >= 11 is 0. The molecule has 3 rings (SSSR count). The standard InChI is InChI=1S/C29H35N3O3/c30-27(17-10-18-31-29(34)35-22-25-15-8-3-9-16-25)21-32-28(33)26(19-23-11-4-1-5-12-23)20-24-13-6-2-7-14-24/h1-9,11-16,26-27H,10,17-22,30H2,(H,31,34)(H,32,33)/t27-/m0/s1. The third-order valence-electron chi connectivity index (χ3n) is 5.79. The number of hydrogen-bond acceptors (Lipinski definition) is 4. The Bertz CT molecular complexity index is 972. The van der Waals surface area contributed by atoms with E-state index in [9.17, 15) is 9.59 Å². The van der Waals surface area contributed by atoms with E-state index in [-0.39, 0.29) is 24.5 Å². The molecule has 0 saturated carbocycles. The predicted octanol–water partition coefficient (Wildman–Crippen LogP) is 4.24. The minimum absolute atomic E-state index is 0.00997. The molecule has 3 aromatic rings. The molecule has 2 amide bonds. The normalized spacial score (nSPS) is 11.6. The van der Waals surface area contributed by atoms with Crippen molar-refractivity contribution < 1.29 is 14.3 Å². The molecule has 0 heterocycles. The number of hydrogen-bond donors (Lipinski definition) is 3. The lowest BCUT2D eigenvalue weighted by Gasteiger charge is -2.19. The molecule has 0 fully saturated rings. The summed E-state index contributed by atoms with van der Waals surface area (Å²) in [7, 11) is 0. The minimum Gasteiger partial charge on any atom is -0.445 e. The van der Waals surface area contributed by atoms with E-state index >= 15 is 0 Å². The van der Waals surface area contributed by atoms with Crippen LogP contribution in [-0.2, 0) is 29.0 Å². The van der Waals surface area contributed by atoms with Crippen LogP contribution in [0.1, 0.15) is 29.5 Å². The van der Waals surface area contributed by atoms with Crippen molar-refractivity contribution in [1.82, 2.24) is 10.6 Å². The first-order valence-electron chi connectivity index (χ1n) is 12.2. The molecule has 1 atom stereocenters. The van der Waals surface area contributed by atoms with E-state index in [0.29, 0.717) is 38.8 Å². The lowest BCUT2D eigenvalue weighted by molar-refractivity contribution is -0.125. The first-order valence-corrected chi connectivity index (χ1v) is 12.2. The molecule has 35 heavy (non-hydrogen) atoms. The number of benzene rings is 3. The summed E-state index contributed by atoms with van der Waals surface area (Å²) in [5, 5.41) is 5.78. The number of alkyl carbamates (subject to hydrolysis) is 1. The average molecular weight is 474 g/mol.